The van der Waals surface area contributed by atoms with Crippen molar-refractivity contribution in [1.82, 2.24) is 4.31 Å². The van der Waals surface area contributed by atoms with E-state index in [9.17, 15) is 13.2 Å². The number of rotatable bonds is 6. The zero-order chi connectivity index (χ0) is 22.6. The van der Waals surface area contributed by atoms with Gasteiger partial charge in [-0.2, -0.15) is 4.31 Å². The summed E-state index contributed by atoms with van der Waals surface area (Å²) in [4.78, 5) is 15.3. The number of ether oxygens (including phenoxy) is 3. The summed E-state index contributed by atoms with van der Waals surface area (Å²) in [7, 11) is -2.12. The molecule has 0 saturated carbocycles. The Bertz CT molecular complexity index is 1040. The van der Waals surface area contributed by atoms with E-state index in [-0.39, 0.29) is 10.5 Å². The lowest BCUT2D eigenvalue weighted by molar-refractivity contribution is 0.0733. The number of morpholine rings is 1. The van der Waals surface area contributed by atoms with Crippen LogP contribution in [0.2, 0.25) is 0 Å². The molecule has 0 N–H and O–H groups in total. The number of methoxy groups -OCH3 is 1. The van der Waals surface area contributed by atoms with Gasteiger partial charge in [0.25, 0.3) is 0 Å². The van der Waals surface area contributed by atoms with Crippen molar-refractivity contribution >= 4 is 21.7 Å². The van der Waals surface area contributed by atoms with Crippen molar-refractivity contribution in [3.05, 3.63) is 48.0 Å². The number of carbonyl (C=O) groups is 1. The van der Waals surface area contributed by atoms with Crippen molar-refractivity contribution in [3.63, 3.8) is 0 Å². The van der Waals surface area contributed by atoms with Gasteiger partial charge in [0.15, 0.2) is 0 Å². The summed E-state index contributed by atoms with van der Waals surface area (Å²) >= 11 is 0. The Hall–Kier alpha value is -2.62. The largest absolute Gasteiger partial charge is 0.497 e. The molecule has 0 radical (unpaired) electrons. The van der Waals surface area contributed by atoms with E-state index in [1.807, 2.05) is 4.90 Å². The second kappa shape index (κ2) is 9.89. The fourth-order valence-electron chi connectivity index (χ4n) is 3.98. The lowest BCUT2D eigenvalue weighted by atomic mass is 10.1. The van der Waals surface area contributed by atoms with Gasteiger partial charge in [-0.15, -0.1) is 0 Å². The zero-order valence-electron chi connectivity index (χ0n) is 18.2. The Balaban J connectivity index is 1.67. The fraction of sp³-hybridized carbons (Fsp3) is 0.435. The Labute approximate surface area is 188 Å². The van der Waals surface area contributed by atoms with Gasteiger partial charge >= 0.3 is 5.97 Å². The van der Waals surface area contributed by atoms with Crippen molar-refractivity contribution < 1.29 is 27.4 Å². The molecule has 0 aliphatic carbocycles. The number of benzene rings is 2. The third-order valence-corrected chi connectivity index (χ3v) is 7.66. The first-order valence-electron chi connectivity index (χ1n) is 10.8. The fourth-order valence-corrected chi connectivity index (χ4v) is 5.52. The first-order valence-corrected chi connectivity index (χ1v) is 12.3. The van der Waals surface area contributed by atoms with Crippen LogP contribution in [0.15, 0.2) is 47.4 Å². The van der Waals surface area contributed by atoms with Crippen LogP contribution in [-0.4, -0.2) is 65.2 Å². The molecule has 4 rings (SSSR count). The average Bonchev–Trinajstić information content (AvgIpc) is 2.85. The van der Waals surface area contributed by atoms with Crippen LogP contribution in [0.1, 0.15) is 29.6 Å². The van der Waals surface area contributed by atoms with Gasteiger partial charge < -0.3 is 19.1 Å². The number of carbonyl (C=O) groups excluding carboxylic acids is 1. The highest BCUT2D eigenvalue weighted by Gasteiger charge is 2.29. The van der Waals surface area contributed by atoms with Gasteiger partial charge in [0.1, 0.15) is 11.5 Å². The predicted molar refractivity (Wildman–Crippen MR) is 120 cm³/mol. The highest BCUT2D eigenvalue weighted by atomic mass is 32.2. The lowest BCUT2D eigenvalue weighted by Gasteiger charge is -2.31. The van der Waals surface area contributed by atoms with Gasteiger partial charge in [0.2, 0.25) is 10.0 Å². The van der Waals surface area contributed by atoms with Gasteiger partial charge in [-0.25, -0.2) is 13.2 Å². The van der Waals surface area contributed by atoms with Gasteiger partial charge in [-0.1, -0.05) is 6.42 Å². The molecule has 32 heavy (non-hydrogen) atoms. The number of hydrogen-bond acceptors (Lipinski definition) is 7. The standard InChI is InChI=1S/C23H28N2O6S/c1-29-18-5-7-19(8-6-18)31-23(26)21-17-20(32(27,28)25-11-3-2-4-12-25)9-10-22(21)24-13-15-30-16-14-24/h5-10,17H,2-4,11-16H2,1H3. The maximum absolute atomic E-state index is 13.2. The monoisotopic (exact) mass is 460 g/mol. The van der Waals surface area contributed by atoms with Crippen LogP contribution in [0.4, 0.5) is 5.69 Å². The summed E-state index contributed by atoms with van der Waals surface area (Å²) in [5.41, 5.74) is 0.866. The van der Waals surface area contributed by atoms with E-state index in [4.69, 9.17) is 14.2 Å². The second-order valence-corrected chi connectivity index (χ2v) is 9.75. The van der Waals surface area contributed by atoms with Crippen LogP contribution in [0.5, 0.6) is 11.5 Å². The van der Waals surface area contributed by atoms with Crippen LogP contribution in [0.3, 0.4) is 0 Å². The molecule has 0 amide bonds. The molecular weight excluding hydrogens is 432 g/mol. The van der Waals surface area contributed by atoms with Gasteiger partial charge in [-0.3, -0.25) is 0 Å². The highest BCUT2D eigenvalue weighted by Crippen LogP contribution is 2.29. The molecule has 0 atom stereocenters. The quantitative estimate of drug-likeness (QED) is 0.484. The number of anilines is 1. The number of nitrogens with zero attached hydrogens (tertiary/aromatic N) is 2. The molecule has 2 heterocycles. The highest BCUT2D eigenvalue weighted by molar-refractivity contribution is 7.89. The molecule has 172 valence electrons. The van der Waals surface area contributed by atoms with Crippen molar-refractivity contribution in [1.29, 1.82) is 0 Å². The average molecular weight is 461 g/mol. The van der Waals surface area contributed by atoms with E-state index in [1.165, 1.54) is 10.4 Å². The second-order valence-electron chi connectivity index (χ2n) is 7.81. The Kier molecular flexibility index (Phi) is 6.98. The molecule has 2 aliphatic heterocycles. The Morgan fingerprint density at radius 2 is 1.56 bits per heavy atom. The summed E-state index contributed by atoms with van der Waals surface area (Å²) in [5.74, 6) is 0.397. The van der Waals surface area contributed by atoms with E-state index in [0.29, 0.717) is 56.6 Å². The molecule has 0 unspecified atom stereocenters. The first kappa shape index (κ1) is 22.6. The third kappa shape index (κ3) is 4.90. The maximum Gasteiger partial charge on any atom is 0.345 e. The molecule has 2 fully saturated rings. The van der Waals surface area contributed by atoms with Gasteiger partial charge in [0.05, 0.1) is 36.5 Å². The first-order chi connectivity index (χ1) is 15.5. The van der Waals surface area contributed by atoms with Crippen LogP contribution >= 0.6 is 0 Å². The van der Waals surface area contributed by atoms with Gasteiger partial charge in [0, 0.05) is 26.2 Å². The summed E-state index contributed by atoms with van der Waals surface area (Å²) in [6.45, 7) is 3.31. The van der Waals surface area contributed by atoms with Crippen LogP contribution < -0.4 is 14.4 Å². The van der Waals surface area contributed by atoms with E-state index < -0.39 is 16.0 Å². The molecular formula is C23H28N2O6S. The van der Waals surface area contributed by atoms with Crippen molar-refractivity contribution in [2.45, 2.75) is 24.2 Å². The van der Waals surface area contributed by atoms with E-state index in [1.54, 1.807) is 43.5 Å². The molecule has 0 aromatic heterocycles. The summed E-state index contributed by atoms with van der Waals surface area (Å²) in [5, 5.41) is 0. The molecule has 2 saturated heterocycles. The number of piperidine rings is 1. The topological polar surface area (TPSA) is 85.4 Å². The zero-order valence-corrected chi connectivity index (χ0v) is 19.0. The smallest absolute Gasteiger partial charge is 0.345 e. The number of esters is 1. The maximum atomic E-state index is 13.2. The molecule has 0 bridgehead atoms. The summed E-state index contributed by atoms with van der Waals surface area (Å²) in [6, 6.07) is 11.4. The van der Waals surface area contributed by atoms with E-state index in [0.717, 1.165) is 19.3 Å². The molecule has 9 heteroatoms. The minimum Gasteiger partial charge on any atom is -0.497 e. The van der Waals surface area contributed by atoms with Crippen molar-refractivity contribution in [2.24, 2.45) is 0 Å². The molecule has 8 nitrogen and oxygen atoms in total. The van der Waals surface area contributed by atoms with E-state index in [2.05, 4.69) is 0 Å². The Morgan fingerprint density at radius 3 is 2.22 bits per heavy atom. The van der Waals surface area contributed by atoms with Crippen molar-refractivity contribution in [3.8, 4) is 11.5 Å². The predicted octanol–water partition coefficient (Wildman–Crippen LogP) is 2.93. The minimum atomic E-state index is -3.68. The van der Waals surface area contributed by atoms with Crippen LogP contribution in [0.25, 0.3) is 0 Å². The molecule has 0 spiro atoms. The Morgan fingerprint density at radius 1 is 0.906 bits per heavy atom. The third-order valence-electron chi connectivity index (χ3n) is 5.76. The summed E-state index contributed by atoms with van der Waals surface area (Å²) < 4.78 is 44.1. The number of hydrogen-bond donors (Lipinski definition) is 0. The normalized spacial score (nSPS) is 17.7. The van der Waals surface area contributed by atoms with E-state index >= 15 is 0 Å². The van der Waals surface area contributed by atoms with Crippen molar-refractivity contribution in [2.75, 3.05) is 51.4 Å². The number of sulfonamides is 1. The lowest BCUT2D eigenvalue weighted by Crippen LogP contribution is -2.38. The molecule has 2 aliphatic rings. The van der Waals surface area contributed by atoms with Crippen LogP contribution in [-0.2, 0) is 14.8 Å². The van der Waals surface area contributed by atoms with Gasteiger partial charge in [-0.05, 0) is 55.3 Å². The molecule has 2 aromatic rings. The summed E-state index contributed by atoms with van der Waals surface area (Å²) in [6.07, 6.45) is 2.72. The molecule has 2 aromatic carbocycles. The van der Waals surface area contributed by atoms with Crippen LogP contribution in [0, 0.1) is 0 Å². The SMILES string of the molecule is COc1ccc(OC(=O)c2cc(S(=O)(=O)N3CCCCC3)ccc2N2CCOCC2)cc1. The minimum absolute atomic E-state index is 0.109.